The van der Waals surface area contributed by atoms with Gasteiger partial charge in [0.25, 0.3) is 0 Å². The van der Waals surface area contributed by atoms with Crippen LogP contribution in [0.5, 0.6) is 0 Å². The van der Waals surface area contributed by atoms with E-state index in [2.05, 4.69) is 217 Å². The molecular formula is C60H45N. The van der Waals surface area contributed by atoms with Gasteiger partial charge in [-0.05, 0) is 143 Å². The van der Waals surface area contributed by atoms with Crippen LogP contribution in [-0.2, 0) is 5.41 Å². The Labute approximate surface area is 358 Å². The second kappa shape index (κ2) is 14.5. The van der Waals surface area contributed by atoms with Crippen LogP contribution in [0.3, 0.4) is 0 Å². The molecule has 0 aromatic heterocycles. The van der Waals surface area contributed by atoms with Crippen molar-refractivity contribution in [2.45, 2.75) is 37.5 Å². The van der Waals surface area contributed by atoms with Gasteiger partial charge in [-0.1, -0.05) is 189 Å². The van der Waals surface area contributed by atoms with Gasteiger partial charge in [0.05, 0.1) is 0 Å². The summed E-state index contributed by atoms with van der Waals surface area (Å²) >= 11 is 0. The van der Waals surface area contributed by atoms with Crippen molar-refractivity contribution < 1.29 is 0 Å². The molecule has 0 heterocycles. The number of hydrogen-bond donors (Lipinski definition) is 0. The number of hydrogen-bond acceptors (Lipinski definition) is 1. The van der Waals surface area contributed by atoms with Gasteiger partial charge in [0, 0.05) is 22.5 Å². The largest absolute Gasteiger partial charge is 0.310 e. The molecule has 290 valence electrons. The summed E-state index contributed by atoms with van der Waals surface area (Å²) in [6.45, 7) is 0. The first-order chi connectivity index (χ1) is 30.3. The molecule has 12 rings (SSSR count). The van der Waals surface area contributed by atoms with Gasteiger partial charge in [0.1, 0.15) is 0 Å². The van der Waals surface area contributed by atoms with E-state index in [-0.39, 0.29) is 5.41 Å². The van der Waals surface area contributed by atoms with Crippen molar-refractivity contribution in [2.24, 2.45) is 0 Å². The SMILES string of the molecule is c1ccc(-c2cc(-c3ccccc3)c3c4ccccc4c4cc(N(c5ccccc5)c5ccc6c(c5)C5(CCCCC5)c5ccccc5-6)ccc4c3c2-c2ccccc2)cc1. The Bertz CT molecular complexity index is 3250. The van der Waals surface area contributed by atoms with Crippen molar-refractivity contribution >= 4 is 49.4 Å². The topological polar surface area (TPSA) is 3.24 Å². The third kappa shape index (κ3) is 5.68. The summed E-state index contributed by atoms with van der Waals surface area (Å²) in [5, 5.41) is 7.60. The van der Waals surface area contributed by atoms with E-state index in [1.165, 1.54) is 126 Å². The van der Waals surface area contributed by atoms with Crippen molar-refractivity contribution in [3.8, 4) is 44.5 Å². The molecule has 61 heavy (non-hydrogen) atoms. The Balaban J connectivity index is 1.16. The molecule has 1 nitrogen and oxygen atoms in total. The molecule has 1 heteroatoms. The highest BCUT2D eigenvalue weighted by Crippen LogP contribution is 2.57. The number of rotatable bonds is 6. The lowest BCUT2D eigenvalue weighted by Crippen LogP contribution is -2.28. The fourth-order valence-corrected chi connectivity index (χ4v) is 11.2. The molecule has 0 bridgehead atoms. The van der Waals surface area contributed by atoms with Crippen LogP contribution < -0.4 is 4.90 Å². The second-order valence-corrected chi connectivity index (χ2v) is 17.1. The number of para-hydroxylation sites is 1. The molecular weight excluding hydrogens is 735 g/mol. The van der Waals surface area contributed by atoms with Gasteiger partial charge in [-0.25, -0.2) is 0 Å². The standard InChI is InChI=1S/C60H45N/c1-6-20-41(21-7-1)52-40-53(42-22-8-2-9-23-42)58-50-30-15-14-28-47(50)54-38-45(33-35-51(54)59(58)57(52)43-24-10-3-11-25-43)61(44-26-12-4-13-27-44)46-32-34-49-48-29-16-17-31-55(48)60(56(49)39-46)36-18-5-19-37-60/h1-4,6-17,20-35,38-40H,5,18-19,36-37H2. The van der Waals surface area contributed by atoms with E-state index in [9.17, 15) is 0 Å². The molecule has 0 atom stereocenters. The van der Waals surface area contributed by atoms with E-state index in [0.29, 0.717) is 0 Å². The lowest BCUT2D eigenvalue weighted by molar-refractivity contribution is 0.353. The number of benzene rings is 10. The minimum atomic E-state index is 0.0712. The zero-order valence-corrected chi connectivity index (χ0v) is 34.2. The van der Waals surface area contributed by atoms with Crippen LogP contribution in [0, 0.1) is 0 Å². The molecule has 10 aromatic carbocycles. The van der Waals surface area contributed by atoms with Gasteiger partial charge in [0.15, 0.2) is 0 Å². The van der Waals surface area contributed by atoms with E-state index in [4.69, 9.17) is 0 Å². The monoisotopic (exact) mass is 779 g/mol. The van der Waals surface area contributed by atoms with E-state index in [1.807, 2.05) is 0 Å². The maximum atomic E-state index is 2.54. The predicted molar refractivity (Wildman–Crippen MR) is 259 cm³/mol. The van der Waals surface area contributed by atoms with Gasteiger partial charge in [-0.2, -0.15) is 0 Å². The van der Waals surface area contributed by atoms with E-state index >= 15 is 0 Å². The fraction of sp³-hybridized carbons (Fsp3) is 0.100. The highest BCUT2D eigenvalue weighted by atomic mass is 15.1. The molecule has 10 aromatic rings. The third-order valence-electron chi connectivity index (χ3n) is 13.8. The zero-order chi connectivity index (χ0) is 40.3. The molecule has 1 saturated carbocycles. The van der Waals surface area contributed by atoms with Gasteiger partial charge >= 0.3 is 0 Å². The third-order valence-corrected chi connectivity index (χ3v) is 13.8. The molecule has 0 N–H and O–H groups in total. The molecule has 1 spiro atoms. The van der Waals surface area contributed by atoms with Crippen LogP contribution in [0.25, 0.3) is 76.8 Å². The zero-order valence-electron chi connectivity index (χ0n) is 34.2. The first-order valence-corrected chi connectivity index (χ1v) is 22.0. The first kappa shape index (κ1) is 35.7. The molecule has 0 saturated heterocycles. The quantitative estimate of drug-likeness (QED) is 0.152. The second-order valence-electron chi connectivity index (χ2n) is 17.1. The van der Waals surface area contributed by atoms with Crippen LogP contribution in [0.2, 0.25) is 0 Å². The van der Waals surface area contributed by atoms with Crippen molar-refractivity contribution in [1.29, 1.82) is 0 Å². The number of fused-ring (bicyclic) bond motifs is 11. The maximum Gasteiger partial charge on any atom is 0.0468 e. The molecule has 0 amide bonds. The summed E-state index contributed by atoms with van der Waals surface area (Å²) in [6, 6.07) is 79.2. The van der Waals surface area contributed by atoms with Crippen LogP contribution >= 0.6 is 0 Å². The molecule has 0 radical (unpaired) electrons. The van der Waals surface area contributed by atoms with Crippen molar-refractivity contribution in [3.05, 3.63) is 223 Å². The fourth-order valence-electron chi connectivity index (χ4n) is 11.2. The van der Waals surface area contributed by atoms with Gasteiger partial charge < -0.3 is 4.90 Å². The Morgan fingerprint density at radius 3 is 1.57 bits per heavy atom. The normalized spacial score (nSPS) is 14.0. The molecule has 2 aliphatic rings. The Hall–Kier alpha value is -7.22. The summed E-state index contributed by atoms with van der Waals surface area (Å²) in [4.78, 5) is 2.49. The lowest BCUT2D eigenvalue weighted by atomic mass is 9.68. The minimum absolute atomic E-state index is 0.0712. The lowest BCUT2D eigenvalue weighted by Gasteiger charge is -2.36. The van der Waals surface area contributed by atoms with E-state index in [0.717, 1.165) is 11.4 Å². The van der Waals surface area contributed by atoms with E-state index < -0.39 is 0 Å². The Morgan fingerprint density at radius 2 is 0.852 bits per heavy atom. The summed E-state index contributed by atoms with van der Waals surface area (Å²) < 4.78 is 0. The van der Waals surface area contributed by atoms with Crippen LogP contribution in [0.15, 0.2) is 212 Å². The van der Waals surface area contributed by atoms with Crippen LogP contribution in [0.4, 0.5) is 17.1 Å². The van der Waals surface area contributed by atoms with Crippen molar-refractivity contribution in [3.63, 3.8) is 0 Å². The average molecular weight is 780 g/mol. The predicted octanol–water partition coefficient (Wildman–Crippen LogP) is 16.8. The molecule has 0 aliphatic heterocycles. The highest BCUT2D eigenvalue weighted by molar-refractivity contribution is 6.33. The van der Waals surface area contributed by atoms with Gasteiger partial charge in [-0.15, -0.1) is 0 Å². The van der Waals surface area contributed by atoms with Gasteiger partial charge in [0.2, 0.25) is 0 Å². The Kier molecular flexibility index (Phi) is 8.49. The number of nitrogens with zero attached hydrogens (tertiary/aromatic N) is 1. The number of anilines is 3. The highest BCUT2D eigenvalue weighted by Gasteiger charge is 2.44. The first-order valence-electron chi connectivity index (χ1n) is 22.0. The van der Waals surface area contributed by atoms with Crippen LogP contribution in [-0.4, -0.2) is 0 Å². The average Bonchev–Trinajstić information content (AvgIpc) is 3.60. The van der Waals surface area contributed by atoms with E-state index in [1.54, 1.807) is 0 Å². The summed E-state index contributed by atoms with van der Waals surface area (Å²) in [5.41, 5.74) is 16.8. The molecule has 2 aliphatic carbocycles. The molecule has 1 fully saturated rings. The smallest absolute Gasteiger partial charge is 0.0468 e. The van der Waals surface area contributed by atoms with Crippen molar-refractivity contribution in [1.82, 2.24) is 0 Å². The summed E-state index contributed by atoms with van der Waals surface area (Å²) in [5.74, 6) is 0. The van der Waals surface area contributed by atoms with Crippen molar-refractivity contribution in [2.75, 3.05) is 4.90 Å². The maximum absolute atomic E-state index is 2.54. The van der Waals surface area contributed by atoms with Crippen LogP contribution in [0.1, 0.15) is 43.2 Å². The Morgan fingerprint density at radius 1 is 0.311 bits per heavy atom. The summed E-state index contributed by atoms with van der Waals surface area (Å²) in [6.07, 6.45) is 6.28. The van der Waals surface area contributed by atoms with Gasteiger partial charge in [-0.3, -0.25) is 0 Å². The summed E-state index contributed by atoms with van der Waals surface area (Å²) in [7, 11) is 0. The minimum Gasteiger partial charge on any atom is -0.310 e. The molecule has 0 unspecified atom stereocenters.